The van der Waals surface area contributed by atoms with Crippen LogP contribution in [0.3, 0.4) is 0 Å². The lowest BCUT2D eigenvalue weighted by molar-refractivity contribution is 0.0815. The van der Waals surface area contributed by atoms with Crippen molar-refractivity contribution in [1.82, 2.24) is 0 Å². The van der Waals surface area contributed by atoms with Crippen molar-refractivity contribution < 1.29 is 14.3 Å². The maximum Gasteiger partial charge on any atom is 0.234 e. The van der Waals surface area contributed by atoms with E-state index in [0.717, 1.165) is 21.9 Å². The minimum absolute atomic E-state index is 0.409. The van der Waals surface area contributed by atoms with Crippen LogP contribution in [-0.4, -0.2) is 18.7 Å². The number of hydrogen-bond donors (Lipinski definition) is 0. The molecule has 0 saturated carbocycles. The second-order valence-corrected chi connectivity index (χ2v) is 5.31. The van der Waals surface area contributed by atoms with Crippen LogP contribution in [0.1, 0.15) is 20.7 Å². The number of ether oxygens (including phenoxy) is 1. The molecule has 106 valence electrons. The van der Waals surface area contributed by atoms with E-state index in [-0.39, 0.29) is 0 Å². The highest BCUT2D eigenvalue weighted by Gasteiger charge is 2.30. The van der Waals surface area contributed by atoms with Gasteiger partial charge in [-0.05, 0) is 52.2 Å². The monoisotopic (exact) mass is 288 g/mol. The van der Waals surface area contributed by atoms with Crippen LogP contribution in [0, 0.1) is 0 Å². The number of rotatable bonds is 1. The Morgan fingerprint density at radius 1 is 0.682 bits per heavy atom. The molecule has 0 radical (unpaired) electrons. The number of carbonyl (C=O) groups excluding carboxylic acids is 2. The number of fused-ring (bicyclic) bond motifs is 4. The van der Waals surface area contributed by atoms with Gasteiger partial charge >= 0.3 is 0 Å². The van der Waals surface area contributed by atoms with Crippen molar-refractivity contribution in [3.63, 3.8) is 0 Å². The summed E-state index contributed by atoms with van der Waals surface area (Å²) in [5.41, 5.74) is 2.47. The maximum atomic E-state index is 12.4. The van der Waals surface area contributed by atoms with Crippen LogP contribution in [0.15, 0.2) is 54.6 Å². The van der Waals surface area contributed by atoms with E-state index in [4.69, 9.17) is 4.74 Å². The molecule has 3 aromatic carbocycles. The van der Waals surface area contributed by atoms with Crippen molar-refractivity contribution >= 4 is 22.3 Å². The van der Waals surface area contributed by atoms with Crippen LogP contribution in [0.4, 0.5) is 0 Å². The number of ketones is 2. The van der Waals surface area contributed by atoms with E-state index in [0.29, 0.717) is 16.9 Å². The third kappa shape index (κ3) is 1.69. The largest absolute Gasteiger partial charge is 0.497 e. The fourth-order valence-corrected chi connectivity index (χ4v) is 2.97. The van der Waals surface area contributed by atoms with Crippen molar-refractivity contribution in [3.8, 4) is 16.9 Å². The highest BCUT2D eigenvalue weighted by molar-refractivity contribution is 6.53. The first-order valence-corrected chi connectivity index (χ1v) is 6.99. The summed E-state index contributed by atoms with van der Waals surface area (Å²) in [6.45, 7) is 0. The highest BCUT2D eigenvalue weighted by Crippen LogP contribution is 2.37. The molecule has 0 fully saturated rings. The van der Waals surface area contributed by atoms with E-state index in [9.17, 15) is 9.59 Å². The predicted molar refractivity (Wildman–Crippen MR) is 84.6 cm³/mol. The predicted octanol–water partition coefficient (Wildman–Crippen LogP) is 3.89. The first-order valence-electron chi connectivity index (χ1n) is 6.99. The molecule has 0 saturated heterocycles. The van der Waals surface area contributed by atoms with E-state index in [1.54, 1.807) is 18.2 Å². The van der Waals surface area contributed by atoms with Crippen LogP contribution in [0.5, 0.6) is 5.75 Å². The average molecular weight is 288 g/mol. The van der Waals surface area contributed by atoms with Gasteiger partial charge in [0.05, 0.1) is 7.11 Å². The summed E-state index contributed by atoms with van der Waals surface area (Å²) in [4.78, 5) is 24.8. The summed E-state index contributed by atoms with van der Waals surface area (Å²) in [5.74, 6) is -0.359. The zero-order valence-electron chi connectivity index (χ0n) is 11.9. The number of hydrogen-bond acceptors (Lipinski definition) is 3. The van der Waals surface area contributed by atoms with Crippen molar-refractivity contribution in [3.05, 3.63) is 65.7 Å². The lowest BCUT2D eigenvalue weighted by Gasteiger charge is -2.19. The smallest absolute Gasteiger partial charge is 0.234 e. The average Bonchev–Trinajstić information content (AvgIpc) is 2.58. The van der Waals surface area contributed by atoms with Gasteiger partial charge in [-0.1, -0.05) is 24.3 Å². The SMILES string of the molecule is COc1ccc2c(c1)C(=O)C(=O)c1cc3ccccc3cc1-2. The molecule has 0 unspecified atom stereocenters. The number of Topliss-reactive ketones (excluding diaryl/α,β-unsaturated/α-hetero) is 2. The van der Waals surface area contributed by atoms with Gasteiger partial charge in [-0.15, -0.1) is 0 Å². The van der Waals surface area contributed by atoms with Crippen molar-refractivity contribution in [1.29, 1.82) is 0 Å². The van der Waals surface area contributed by atoms with Crippen LogP contribution in [-0.2, 0) is 0 Å². The van der Waals surface area contributed by atoms with Gasteiger partial charge in [-0.25, -0.2) is 0 Å². The summed E-state index contributed by atoms with van der Waals surface area (Å²) >= 11 is 0. The first kappa shape index (κ1) is 12.8. The van der Waals surface area contributed by atoms with Crippen LogP contribution in [0.25, 0.3) is 21.9 Å². The van der Waals surface area contributed by atoms with Crippen LogP contribution < -0.4 is 4.74 Å². The third-order valence-corrected chi connectivity index (χ3v) is 4.10. The number of benzene rings is 3. The van der Waals surface area contributed by atoms with Crippen LogP contribution >= 0.6 is 0 Å². The van der Waals surface area contributed by atoms with Gasteiger partial charge in [-0.2, -0.15) is 0 Å². The van der Waals surface area contributed by atoms with Gasteiger partial charge in [0, 0.05) is 11.1 Å². The fraction of sp³-hybridized carbons (Fsp3) is 0.0526. The molecule has 1 aliphatic carbocycles. The second-order valence-electron chi connectivity index (χ2n) is 5.31. The normalized spacial score (nSPS) is 13.0. The zero-order valence-corrected chi connectivity index (χ0v) is 11.9. The van der Waals surface area contributed by atoms with Gasteiger partial charge in [0.15, 0.2) is 0 Å². The lowest BCUT2D eigenvalue weighted by atomic mass is 9.82. The summed E-state index contributed by atoms with van der Waals surface area (Å²) in [7, 11) is 1.54. The van der Waals surface area contributed by atoms with Crippen molar-refractivity contribution in [2.24, 2.45) is 0 Å². The van der Waals surface area contributed by atoms with Gasteiger partial charge in [0.1, 0.15) is 5.75 Å². The minimum Gasteiger partial charge on any atom is -0.497 e. The molecule has 0 bridgehead atoms. The molecule has 22 heavy (non-hydrogen) atoms. The molecule has 0 aromatic heterocycles. The molecule has 1 aliphatic rings. The Hall–Kier alpha value is -2.94. The Kier molecular flexibility index (Phi) is 2.63. The molecular formula is C19H12O3. The van der Waals surface area contributed by atoms with E-state index in [2.05, 4.69) is 0 Å². The summed E-state index contributed by atoms with van der Waals surface area (Å²) < 4.78 is 5.16. The van der Waals surface area contributed by atoms with E-state index in [1.807, 2.05) is 36.4 Å². The molecule has 0 heterocycles. The zero-order chi connectivity index (χ0) is 15.3. The Balaban J connectivity index is 2.08. The standard InChI is InChI=1S/C19H12O3/c1-22-13-6-7-14-15-8-11-4-2-3-5-12(11)9-16(15)18(20)19(21)17(14)10-13/h2-10H,1H3. The van der Waals surface area contributed by atoms with Crippen LogP contribution in [0.2, 0.25) is 0 Å². The Labute approximate surface area is 127 Å². The van der Waals surface area contributed by atoms with E-state index >= 15 is 0 Å². The maximum absolute atomic E-state index is 12.4. The van der Waals surface area contributed by atoms with Gasteiger partial charge in [0.2, 0.25) is 11.6 Å². The summed E-state index contributed by atoms with van der Waals surface area (Å²) in [5, 5.41) is 2.00. The summed E-state index contributed by atoms with van der Waals surface area (Å²) in [6, 6.07) is 16.9. The molecule has 0 atom stereocenters. The quantitative estimate of drug-likeness (QED) is 0.638. The lowest BCUT2D eigenvalue weighted by Crippen LogP contribution is -2.21. The van der Waals surface area contributed by atoms with Crippen molar-refractivity contribution in [2.75, 3.05) is 7.11 Å². The Morgan fingerprint density at radius 2 is 1.27 bits per heavy atom. The van der Waals surface area contributed by atoms with Gasteiger partial charge in [0.25, 0.3) is 0 Å². The molecule has 0 spiro atoms. The molecule has 3 nitrogen and oxygen atoms in total. The van der Waals surface area contributed by atoms with Crippen molar-refractivity contribution in [2.45, 2.75) is 0 Å². The van der Waals surface area contributed by atoms with Gasteiger partial charge in [-0.3, -0.25) is 9.59 Å². The number of carbonyl (C=O) groups is 2. The molecule has 3 heteroatoms. The molecule has 4 rings (SSSR count). The molecule has 0 aliphatic heterocycles. The second kappa shape index (κ2) is 4.53. The highest BCUT2D eigenvalue weighted by atomic mass is 16.5. The Bertz CT molecular complexity index is 954. The molecule has 0 N–H and O–H groups in total. The first-order chi connectivity index (χ1) is 10.7. The van der Waals surface area contributed by atoms with E-state index < -0.39 is 11.6 Å². The molecule has 3 aromatic rings. The number of methoxy groups -OCH3 is 1. The fourth-order valence-electron chi connectivity index (χ4n) is 2.97. The minimum atomic E-state index is -0.475. The Morgan fingerprint density at radius 3 is 1.91 bits per heavy atom. The third-order valence-electron chi connectivity index (χ3n) is 4.10. The topological polar surface area (TPSA) is 43.4 Å². The summed E-state index contributed by atoms with van der Waals surface area (Å²) in [6.07, 6.45) is 0. The van der Waals surface area contributed by atoms with Gasteiger partial charge < -0.3 is 4.74 Å². The molecule has 0 amide bonds. The van der Waals surface area contributed by atoms with E-state index in [1.165, 1.54) is 7.11 Å². The molecular weight excluding hydrogens is 276 g/mol.